The first-order valence-corrected chi connectivity index (χ1v) is 8.55. The van der Waals surface area contributed by atoms with Crippen molar-refractivity contribution in [2.45, 2.75) is 77.0 Å². The Morgan fingerprint density at radius 2 is 1.19 bits per heavy atom. The maximum absolute atomic E-state index is 3.69. The lowest BCUT2D eigenvalue weighted by Gasteiger charge is -2.18. The van der Waals surface area contributed by atoms with Crippen LogP contribution in [0.3, 0.4) is 0 Å². The second kappa shape index (κ2) is 6.42. The van der Waals surface area contributed by atoms with Crippen LogP contribution in [0.15, 0.2) is 0 Å². The summed E-state index contributed by atoms with van der Waals surface area (Å²) in [5.41, 5.74) is 0.794. The fourth-order valence-electron chi connectivity index (χ4n) is 3.58. The summed E-state index contributed by atoms with van der Waals surface area (Å²) in [7, 11) is 0. The summed E-state index contributed by atoms with van der Waals surface area (Å²) in [6, 6.07) is 0. The lowest BCUT2D eigenvalue weighted by Crippen LogP contribution is -2.06. The Morgan fingerprint density at radius 3 is 1.56 bits per heavy atom. The molecule has 2 saturated carbocycles. The Kier molecular flexibility index (Phi) is 5.19. The van der Waals surface area contributed by atoms with Crippen molar-refractivity contribution < 1.29 is 0 Å². The minimum Gasteiger partial charge on any atom is -0.0925 e. The van der Waals surface area contributed by atoms with Crippen LogP contribution < -0.4 is 0 Å². The molecule has 0 aromatic heterocycles. The highest BCUT2D eigenvalue weighted by Crippen LogP contribution is 2.60. The first-order chi connectivity index (χ1) is 7.87. The predicted molar refractivity (Wildman–Crippen MR) is 75.1 cm³/mol. The van der Waals surface area contributed by atoms with E-state index in [0.29, 0.717) is 0 Å². The molecule has 0 aromatic rings. The molecule has 1 heteroatoms. The normalized spacial score (nSPS) is 31.7. The van der Waals surface area contributed by atoms with Crippen LogP contribution in [-0.4, -0.2) is 5.33 Å². The first-order valence-electron chi connectivity index (χ1n) is 7.43. The van der Waals surface area contributed by atoms with Crippen LogP contribution in [0, 0.1) is 11.3 Å². The van der Waals surface area contributed by atoms with E-state index in [9.17, 15) is 0 Å². The topological polar surface area (TPSA) is 0 Å². The van der Waals surface area contributed by atoms with E-state index >= 15 is 0 Å². The van der Waals surface area contributed by atoms with E-state index in [1.165, 1.54) is 82.4 Å². The summed E-state index contributed by atoms with van der Waals surface area (Å²) in [5, 5.41) is 1.26. The van der Waals surface area contributed by atoms with Gasteiger partial charge in [0.05, 0.1) is 0 Å². The zero-order valence-corrected chi connectivity index (χ0v) is 12.2. The molecule has 94 valence electrons. The van der Waals surface area contributed by atoms with Crippen LogP contribution in [-0.2, 0) is 0 Å². The van der Waals surface area contributed by atoms with Crippen LogP contribution in [0.5, 0.6) is 0 Å². The molecule has 0 saturated heterocycles. The van der Waals surface area contributed by atoms with Crippen molar-refractivity contribution in [3.05, 3.63) is 0 Å². The van der Waals surface area contributed by atoms with Gasteiger partial charge in [-0.15, -0.1) is 0 Å². The van der Waals surface area contributed by atoms with Gasteiger partial charge < -0.3 is 0 Å². The molecule has 0 N–H and O–H groups in total. The molecule has 16 heavy (non-hydrogen) atoms. The van der Waals surface area contributed by atoms with Crippen LogP contribution in [0.2, 0.25) is 0 Å². The van der Waals surface area contributed by atoms with Gasteiger partial charge in [-0.25, -0.2) is 0 Å². The molecule has 0 amide bonds. The van der Waals surface area contributed by atoms with Gasteiger partial charge in [-0.05, 0) is 30.6 Å². The predicted octanol–water partition coefficient (Wildman–Crippen LogP) is 5.69. The smallest absolute Gasteiger partial charge is 0.00651 e. The largest absolute Gasteiger partial charge is 0.0925 e. The fraction of sp³-hybridized carbons (Fsp3) is 1.00. The minimum absolute atomic E-state index is 0.794. The van der Waals surface area contributed by atoms with Crippen molar-refractivity contribution in [2.75, 3.05) is 5.33 Å². The summed E-state index contributed by atoms with van der Waals surface area (Å²) in [6.07, 6.45) is 18.1. The number of halogens is 1. The van der Waals surface area contributed by atoms with Gasteiger partial charge in [-0.3, -0.25) is 0 Å². The van der Waals surface area contributed by atoms with Crippen molar-refractivity contribution in [3.8, 4) is 0 Å². The molecule has 1 atom stereocenters. The highest BCUT2D eigenvalue weighted by Gasteiger charge is 2.51. The number of hydrogen-bond donors (Lipinski definition) is 0. The highest BCUT2D eigenvalue weighted by atomic mass is 79.9. The molecule has 0 nitrogen and oxygen atoms in total. The number of hydrogen-bond acceptors (Lipinski definition) is 0. The Morgan fingerprint density at radius 1 is 0.750 bits per heavy atom. The monoisotopic (exact) mass is 286 g/mol. The van der Waals surface area contributed by atoms with Crippen molar-refractivity contribution in [1.29, 1.82) is 0 Å². The summed E-state index contributed by atoms with van der Waals surface area (Å²) in [4.78, 5) is 0. The van der Waals surface area contributed by atoms with Crippen molar-refractivity contribution >= 4 is 15.9 Å². The minimum atomic E-state index is 0.794. The Bertz CT molecular complexity index is 188. The van der Waals surface area contributed by atoms with Gasteiger partial charge in [0, 0.05) is 5.33 Å². The molecule has 0 aliphatic heterocycles. The molecule has 1 spiro atoms. The summed E-state index contributed by atoms with van der Waals surface area (Å²) >= 11 is 3.69. The second-order valence-electron chi connectivity index (χ2n) is 6.10. The quantitative estimate of drug-likeness (QED) is 0.543. The Labute approximate surface area is 110 Å². The molecule has 2 rings (SSSR count). The summed E-state index contributed by atoms with van der Waals surface area (Å²) < 4.78 is 0. The second-order valence-corrected chi connectivity index (χ2v) is 6.75. The SMILES string of the molecule is BrCC1CC12CCCCCCCCCCC2. The molecule has 0 heterocycles. The average Bonchev–Trinajstić information content (AvgIpc) is 2.98. The molecule has 1 unspecified atom stereocenters. The van der Waals surface area contributed by atoms with E-state index in [2.05, 4.69) is 15.9 Å². The lowest BCUT2D eigenvalue weighted by atomic mass is 9.88. The van der Waals surface area contributed by atoms with Crippen molar-refractivity contribution in [1.82, 2.24) is 0 Å². The Balaban J connectivity index is 1.78. The van der Waals surface area contributed by atoms with Gasteiger partial charge in [0.2, 0.25) is 0 Å². The van der Waals surface area contributed by atoms with Gasteiger partial charge in [-0.2, -0.15) is 0 Å². The molecule has 2 aliphatic carbocycles. The van der Waals surface area contributed by atoms with E-state index in [1.807, 2.05) is 0 Å². The number of alkyl halides is 1. The average molecular weight is 287 g/mol. The maximum Gasteiger partial charge on any atom is 0.00651 e. The molecule has 2 aliphatic rings. The molecule has 0 aromatic carbocycles. The zero-order valence-electron chi connectivity index (χ0n) is 10.6. The standard InChI is InChI=1S/C15H27Br/c16-13-14-12-15(14)10-8-6-4-2-1-3-5-7-9-11-15/h14H,1-13H2. The van der Waals surface area contributed by atoms with E-state index in [0.717, 1.165) is 11.3 Å². The molecular formula is C15H27Br. The van der Waals surface area contributed by atoms with Crippen LogP contribution in [0.4, 0.5) is 0 Å². The third kappa shape index (κ3) is 3.48. The van der Waals surface area contributed by atoms with E-state index < -0.39 is 0 Å². The van der Waals surface area contributed by atoms with E-state index in [4.69, 9.17) is 0 Å². The highest BCUT2D eigenvalue weighted by molar-refractivity contribution is 9.09. The lowest BCUT2D eigenvalue weighted by molar-refractivity contribution is 0.353. The third-order valence-corrected chi connectivity index (χ3v) is 5.68. The summed E-state index contributed by atoms with van der Waals surface area (Å²) in [5.74, 6) is 1.02. The number of rotatable bonds is 1. The van der Waals surface area contributed by atoms with Crippen LogP contribution >= 0.6 is 15.9 Å². The van der Waals surface area contributed by atoms with Gasteiger partial charge in [0.1, 0.15) is 0 Å². The van der Waals surface area contributed by atoms with Crippen LogP contribution in [0.1, 0.15) is 77.0 Å². The van der Waals surface area contributed by atoms with Gasteiger partial charge >= 0.3 is 0 Å². The third-order valence-electron chi connectivity index (χ3n) is 4.89. The first kappa shape index (κ1) is 12.9. The molecular weight excluding hydrogens is 260 g/mol. The van der Waals surface area contributed by atoms with Crippen LogP contribution in [0.25, 0.3) is 0 Å². The summed E-state index contributed by atoms with van der Waals surface area (Å²) in [6.45, 7) is 0. The van der Waals surface area contributed by atoms with Gasteiger partial charge in [0.15, 0.2) is 0 Å². The van der Waals surface area contributed by atoms with E-state index in [-0.39, 0.29) is 0 Å². The van der Waals surface area contributed by atoms with Crippen molar-refractivity contribution in [2.24, 2.45) is 11.3 Å². The van der Waals surface area contributed by atoms with Crippen molar-refractivity contribution in [3.63, 3.8) is 0 Å². The van der Waals surface area contributed by atoms with E-state index in [1.54, 1.807) is 0 Å². The van der Waals surface area contributed by atoms with Gasteiger partial charge in [-0.1, -0.05) is 73.7 Å². The Hall–Kier alpha value is 0.480. The van der Waals surface area contributed by atoms with Gasteiger partial charge in [0.25, 0.3) is 0 Å². The zero-order chi connectivity index (χ0) is 11.3. The molecule has 0 bridgehead atoms. The molecule has 2 fully saturated rings. The molecule has 0 radical (unpaired) electrons. The fourth-order valence-corrected chi connectivity index (χ4v) is 4.49. The maximum atomic E-state index is 3.69.